The first kappa shape index (κ1) is 14.6. The molecule has 0 atom stereocenters. The van der Waals surface area contributed by atoms with Gasteiger partial charge in [0, 0.05) is 13.0 Å². The van der Waals surface area contributed by atoms with Crippen LogP contribution < -0.4 is 10.1 Å². The van der Waals surface area contributed by atoms with E-state index in [0.29, 0.717) is 0 Å². The van der Waals surface area contributed by atoms with E-state index in [0.717, 1.165) is 50.5 Å². The van der Waals surface area contributed by atoms with Crippen molar-refractivity contribution in [1.29, 1.82) is 0 Å². The van der Waals surface area contributed by atoms with Crippen LogP contribution in [0.5, 0.6) is 5.75 Å². The Balaban J connectivity index is 1.43. The minimum atomic E-state index is 0.735. The summed E-state index contributed by atoms with van der Waals surface area (Å²) >= 11 is 0. The van der Waals surface area contributed by atoms with Gasteiger partial charge in [-0.25, -0.2) is 0 Å². The number of rotatable bonds is 7. The zero-order chi connectivity index (χ0) is 15.0. The molecule has 0 aromatic heterocycles. The molecule has 1 N–H and O–H groups in total. The highest BCUT2D eigenvalue weighted by atomic mass is 16.5. The van der Waals surface area contributed by atoms with Crippen molar-refractivity contribution in [3.63, 3.8) is 0 Å². The van der Waals surface area contributed by atoms with Crippen LogP contribution in [-0.2, 0) is 6.42 Å². The summed E-state index contributed by atoms with van der Waals surface area (Å²) in [4.78, 5) is 4.38. The minimum absolute atomic E-state index is 0.735. The molecular weight excluding hydrogens is 272 g/mol. The summed E-state index contributed by atoms with van der Waals surface area (Å²) in [6.45, 7) is 2.64. The third kappa shape index (κ3) is 4.35. The molecule has 0 amide bonds. The van der Waals surface area contributed by atoms with Gasteiger partial charge in [-0.05, 0) is 36.1 Å². The molecule has 1 heterocycles. The van der Waals surface area contributed by atoms with Crippen LogP contribution in [0.4, 0.5) is 0 Å². The fraction of sp³-hybridized carbons (Fsp3) is 0.316. The van der Waals surface area contributed by atoms with Gasteiger partial charge in [0.05, 0.1) is 19.0 Å². The Hall–Kier alpha value is -2.29. The molecule has 0 radical (unpaired) electrons. The maximum atomic E-state index is 5.79. The van der Waals surface area contributed by atoms with Gasteiger partial charge >= 0.3 is 0 Å². The smallest absolute Gasteiger partial charge is 0.119 e. The van der Waals surface area contributed by atoms with Gasteiger partial charge in [-0.3, -0.25) is 4.99 Å². The molecule has 0 aliphatic carbocycles. The van der Waals surface area contributed by atoms with Gasteiger partial charge < -0.3 is 10.1 Å². The van der Waals surface area contributed by atoms with E-state index in [1.807, 2.05) is 6.07 Å². The van der Waals surface area contributed by atoms with Gasteiger partial charge in [0.15, 0.2) is 0 Å². The van der Waals surface area contributed by atoms with Crippen molar-refractivity contribution in [1.82, 2.24) is 5.32 Å². The molecule has 2 aromatic rings. The normalized spacial score (nSPS) is 13.5. The fourth-order valence-corrected chi connectivity index (χ4v) is 2.58. The van der Waals surface area contributed by atoms with Gasteiger partial charge in [-0.1, -0.05) is 42.5 Å². The van der Waals surface area contributed by atoms with Crippen LogP contribution in [-0.4, -0.2) is 25.5 Å². The molecule has 0 saturated carbocycles. The van der Waals surface area contributed by atoms with E-state index in [1.54, 1.807) is 0 Å². The van der Waals surface area contributed by atoms with Crippen LogP contribution in [0.15, 0.2) is 59.6 Å². The first-order valence-electron chi connectivity index (χ1n) is 7.93. The Labute approximate surface area is 132 Å². The van der Waals surface area contributed by atoms with Crippen molar-refractivity contribution in [2.45, 2.75) is 19.3 Å². The molecule has 22 heavy (non-hydrogen) atoms. The number of hydrogen-bond acceptors (Lipinski definition) is 3. The van der Waals surface area contributed by atoms with Crippen LogP contribution in [0, 0.1) is 0 Å². The third-order valence-electron chi connectivity index (χ3n) is 3.74. The largest absolute Gasteiger partial charge is 0.494 e. The summed E-state index contributed by atoms with van der Waals surface area (Å²) in [5.41, 5.74) is 2.64. The lowest BCUT2D eigenvalue weighted by atomic mass is 10.1. The Morgan fingerprint density at radius 3 is 2.45 bits per heavy atom. The van der Waals surface area contributed by atoms with E-state index >= 15 is 0 Å². The summed E-state index contributed by atoms with van der Waals surface area (Å²) in [6, 6.07) is 18.9. The number of nitrogens with one attached hydrogen (secondary N) is 1. The Bertz CT molecular complexity index is 605. The molecule has 1 aliphatic heterocycles. The highest BCUT2D eigenvalue weighted by molar-refractivity contribution is 5.83. The van der Waals surface area contributed by atoms with E-state index in [4.69, 9.17) is 4.74 Å². The van der Waals surface area contributed by atoms with Crippen molar-refractivity contribution in [3.05, 3.63) is 65.7 Å². The summed E-state index contributed by atoms with van der Waals surface area (Å²) in [7, 11) is 0. The quantitative estimate of drug-likeness (QED) is 0.794. The second-order valence-corrected chi connectivity index (χ2v) is 5.51. The van der Waals surface area contributed by atoms with Crippen LogP contribution in [0.2, 0.25) is 0 Å². The lowest BCUT2D eigenvalue weighted by Crippen LogP contribution is -2.18. The lowest BCUT2D eigenvalue weighted by molar-refractivity contribution is 0.313. The van der Waals surface area contributed by atoms with E-state index < -0.39 is 0 Å². The molecule has 3 heteroatoms. The van der Waals surface area contributed by atoms with Crippen molar-refractivity contribution < 1.29 is 4.74 Å². The number of benzene rings is 2. The van der Waals surface area contributed by atoms with Gasteiger partial charge in [-0.2, -0.15) is 0 Å². The zero-order valence-electron chi connectivity index (χ0n) is 12.8. The van der Waals surface area contributed by atoms with Crippen molar-refractivity contribution in [2.75, 3.05) is 19.7 Å². The highest BCUT2D eigenvalue weighted by Gasteiger charge is 2.04. The van der Waals surface area contributed by atoms with E-state index in [2.05, 4.69) is 58.8 Å². The molecule has 114 valence electrons. The van der Waals surface area contributed by atoms with Gasteiger partial charge in [-0.15, -0.1) is 0 Å². The first-order valence-corrected chi connectivity index (χ1v) is 7.93. The Morgan fingerprint density at radius 2 is 1.73 bits per heavy atom. The fourth-order valence-electron chi connectivity index (χ4n) is 2.58. The monoisotopic (exact) mass is 294 g/mol. The number of amidine groups is 1. The molecule has 0 unspecified atom stereocenters. The molecule has 0 fully saturated rings. The predicted octanol–water partition coefficient (Wildman–Crippen LogP) is 3.44. The molecule has 3 nitrogen and oxygen atoms in total. The molecular formula is C19H22N2O. The Kier molecular flexibility index (Phi) is 5.09. The summed E-state index contributed by atoms with van der Waals surface area (Å²) < 4.78 is 5.79. The average molecular weight is 294 g/mol. The highest BCUT2D eigenvalue weighted by Crippen LogP contribution is 2.15. The van der Waals surface area contributed by atoms with Crippen LogP contribution in [0.3, 0.4) is 0 Å². The van der Waals surface area contributed by atoms with E-state index in [-0.39, 0.29) is 0 Å². The molecule has 0 saturated heterocycles. The number of ether oxygens (including phenoxy) is 1. The van der Waals surface area contributed by atoms with Crippen LogP contribution in [0.1, 0.15) is 24.0 Å². The van der Waals surface area contributed by atoms with Gasteiger partial charge in [0.2, 0.25) is 0 Å². The van der Waals surface area contributed by atoms with E-state index in [1.165, 1.54) is 11.1 Å². The SMILES string of the molecule is c1ccc(Cc2ccc(OCCCC3=NCCN3)cc2)cc1. The maximum absolute atomic E-state index is 5.79. The summed E-state index contributed by atoms with van der Waals surface area (Å²) in [5, 5.41) is 3.28. The van der Waals surface area contributed by atoms with Crippen LogP contribution >= 0.6 is 0 Å². The predicted molar refractivity (Wildman–Crippen MR) is 90.7 cm³/mol. The molecule has 2 aromatic carbocycles. The molecule has 0 bridgehead atoms. The van der Waals surface area contributed by atoms with Gasteiger partial charge in [0.25, 0.3) is 0 Å². The molecule has 0 spiro atoms. The van der Waals surface area contributed by atoms with Gasteiger partial charge in [0.1, 0.15) is 5.75 Å². The number of hydrogen-bond donors (Lipinski definition) is 1. The van der Waals surface area contributed by atoms with Crippen molar-refractivity contribution in [2.24, 2.45) is 4.99 Å². The first-order chi connectivity index (χ1) is 10.9. The topological polar surface area (TPSA) is 33.6 Å². The second kappa shape index (κ2) is 7.64. The third-order valence-corrected chi connectivity index (χ3v) is 3.74. The zero-order valence-corrected chi connectivity index (χ0v) is 12.8. The molecule has 3 rings (SSSR count). The van der Waals surface area contributed by atoms with Crippen molar-refractivity contribution >= 4 is 5.84 Å². The minimum Gasteiger partial charge on any atom is -0.494 e. The Morgan fingerprint density at radius 1 is 0.955 bits per heavy atom. The summed E-state index contributed by atoms with van der Waals surface area (Å²) in [6.07, 6.45) is 2.94. The lowest BCUT2D eigenvalue weighted by Gasteiger charge is -2.08. The van der Waals surface area contributed by atoms with Crippen molar-refractivity contribution in [3.8, 4) is 5.75 Å². The standard InChI is InChI=1S/C19H22N2O/c1-2-5-16(6-3-1)15-17-8-10-18(11-9-17)22-14-4-7-19-20-12-13-21-19/h1-3,5-6,8-11H,4,7,12-15H2,(H,20,21). The number of aliphatic imine (C=N–C) groups is 1. The average Bonchev–Trinajstić information content (AvgIpc) is 3.07. The van der Waals surface area contributed by atoms with E-state index in [9.17, 15) is 0 Å². The maximum Gasteiger partial charge on any atom is 0.119 e. The second-order valence-electron chi connectivity index (χ2n) is 5.51. The molecule has 1 aliphatic rings. The summed E-state index contributed by atoms with van der Waals surface area (Å²) in [5.74, 6) is 2.07. The number of nitrogens with zero attached hydrogens (tertiary/aromatic N) is 1. The van der Waals surface area contributed by atoms with Crippen LogP contribution in [0.25, 0.3) is 0 Å².